The van der Waals surface area contributed by atoms with Crippen molar-refractivity contribution in [2.24, 2.45) is 0 Å². The summed E-state index contributed by atoms with van der Waals surface area (Å²) in [5.74, 6) is 0.00457. The molecular formula is C16H14BrNO2. The van der Waals surface area contributed by atoms with Gasteiger partial charge < -0.3 is 10.4 Å². The largest absolute Gasteiger partial charge is 0.508 e. The Morgan fingerprint density at radius 1 is 1.20 bits per heavy atom. The lowest BCUT2D eigenvalue weighted by atomic mass is 10.2. The Kier molecular flexibility index (Phi) is 4.58. The van der Waals surface area contributed by atoms with E-state index in [1.54, 1.807) is 30.3 Å². The summed E-state index contributed by atoms with van der Waals surface area (Å²) in [6.45, 7) is 1.99. The minimum Gasteiger partial charge on any atom is -0.508 e. The van der Waals surface area contributed by atoms with E-state index < -0.39 is 0 Å². The molecule has 2 aromatic rings. The first-order valence-corrected chi connectivity index (χ1v) is 6.88. The number of phenols is 1. The molecule has 0 radical (unpaired) electrons. The van der Waals surface area contributed by atoms with Crippen LogP contribution in [0.3, 0.4) is 0 Å². The Bertz CT molecular complexity index is 648. The van der Waals surface area contributed by atoms with Crippen molar-refractivity contribution >= 4 is 33.6 Å². The Balaban J connectivity index is 2.01. The molecule has 1 amide bonds. The number of rotatable bonds is 3. The van der Waals surface area contributed by atoms with Crippen molar-refractivity contribution in [2.45, 2.75) is 6.92 Å². The van der Waals surface area contributed by atoms with Gasteiger partial charge in [-0.25, -0.2) is 0 Å². The number of hydrogen-bond acceptors (Lipinski definition) is 2. The summed E-state index contributed by atoms with van der Waals surface area (Å²) in [6.07, 6.45) is 3.15. The summed E-state index contributed by atoms with van der Waals surface area (Å²) in [6, 6.07) is 12.3. The van der Waals surface area contributed by atoms with E-state index >= 15 is 0 Å². The molecule has 0 saturated carbocycles. The van der Waals surface area contributed by atoms with Gasteiger partial charge in [-0.05, 0) is 48.4 Å². The van der Waals surface area contributed by atoms with E-state index in [1.165, 1.54) is 6.08 Å². The Morgan fingerprint density at radius 2 is 1.90 bits per heavy atom. The zero-order chi connectivity index (χ0) is 14.5. The molecular weight excluding hydrogens is 318 g/mol. The molecule has 0 aliphatic rings. The minimum atomic E-state index is -0.200. The molecule has 0 heterocycles. The number of benzene rings is 2. The SMILES string of the molecule is Cc1ccc(NC(=O)/C=C/c2ccc(O)cc2)cc1Br. The fourth-order valence-corrected chi connectivity index (χ4v) is 1.99. The average molecular weight is 332 g/mol. The molecule has 0 saturated heterocycles. The Hall–Kier alpha value is -2.07. The molecule has 0 aliphatic carbocycles. The van der Waals surface area contributed by atoms with Crippen LogP contribution in [0.4, 0.5) is 5.69 Å². The molecule has 102 valence electrons. The van der Waals surface area contributed by atoms with E-state index in [1.807, 2.05) is 25.1 Å². The van der Waals surface area contributed by atoms with Crippen LogP contribution in [-0.2, 0) is 4.79 Å². The first-order valence-electron chi connectivity index (χ1n) is 6.09. The third-order valence-electron chi connectivity index (χ3n) is 2.76. The van der Waals surface area contributed by atoms with Gasteiger partial charge >= 0.3 is 0 Å². The maximum atomic E-state index is 11.8. The predicted octanol–water partition coefficient (Wildman–Crippen LogP) is 4.12. The molecule has 4 heteroatoms. The quantitative estimate of drug-likeness (QED) is 0.831. The van der Waals surface area contributed by atoms with Crippen LogP contribution in [0.1, 0.15) is 11.1 Å². The number of phenolic OH excluding ortho intramolecular Hbond substituents is 1. The number of amides is 1. The van der Waals surface area contributed by atoms with Crippen LogP contribution in [0, 0.1) is 6.92 Å². The molecule has 0 atom stereocenters. The van der Waals surface area contributed by atoms with Crippen molar-refractivity contribution in [2.75, 3.05) is 5.32 Å². The molecule has 2 aromatic carbocycles. The lowest BCUT2D eigenvalue weighted by molar-refractivity contribution is -0.111. The minimum absolute atomic E-state index is 0.200. The van der Waals surface area contributed by atoms with Gasteiger partial charge in [-0.3, -0.25) is 4.79 Å². The van der Waals surface area contributed by atoms with Gasteiger partial charge in [0.05, 0.1) is 0 Å². The lowest BCUT2D eigenvalue weighted by Crippen LogP contribution is -2.07. The zero-order valence-corrected chi connectivity index (χ0v) is 12.5. The second-order valence-electron chi connectivity index (χ2n) is 4.38. The van der Waals surface area contributed by atoms with Crippen molar-refractivity contribution in [3.05, 3.63) is 64.1 Å². The fraction of sp³-hybridized carbons (Fsp3) is 0.0625. The van der Waals surface area contributed by atoms with Crippen molar-refractivity contribution < 1.29 is 9.90 Å². The summed E-state index contributed by atoms with van der Waals surface area (Å²) in [7, 11) is 0. The van der Waals surface area contributed by atoms with E-state index in [0.29, 0.717) is 0 Å². The van der Waals surface area contributed by atoms with Gasteiger partial charge in [-0.2, -0.15) is 0 Å². The van der Waals surface area contributed by atoms with Crippen molar-refractivity contribution in [1.82, 2.24) is 0 Å². The maximum absolute atomic E-state index is 11.8. The third kappa shape index (κ3) is 3.96. The van der Waals surface area contributed by atoms with Gasteiger partial charge in [0.1, 0.15) is 5.75 Å². The number of halogens is 1. The topological polar surface area (TPSA) is 49.3 Å². The van der Waals surface area contributed by atoms with Gasteiger partial charge in [0, 0.05) is 16.2 Å². The highest BCUT2D eigenvalue weighted by Crippen LogP contribution is 2.20. The fourth-order valence-electron chi connectivity index (χ4n) is 1.61. The first-order chi connectivity index (χ1) is 9.54. The van der Waals surface area contributed by atoms with Gasteiger partial charge in [0.15, 0.2) is 0 Å². The summed E-state index contributed by atoms with van der Waals surface area (Å²) < 4.78 is 0.956. The molecule has 0 aromatic heterocycles. The van der Waals surface area contributed by atoms with Crippen LogP contribution in [0.2, 0.25) is 0 Å². The van der Waals surface area contributed by atoms with Crippen LogP contribution in [0.5, 0.6) is 5.75 Å². The molecule has 3 nitrogen and oxygen atoms in total. The number of aryl methyl sites for hydroxylation is 1. The zero-order valence-electron chi connectivity index (χ0n) is 10.9. The van der Waals surface area contributed by atoms with Gasteiger partial charge in [0.2, 0.25) is 5.91 Å². The summed E-state index contributed by atoms with van der Waals surface area (Å²) in [5.41, 5.74) is 2.70. The maximum Gasteiger partial charge on any atom is 0.248 e. The number of aromatic hydroxyl groups is 1. The number of carbonyl (C=O) groups excluding carboxylic acids is 1. The normalized spacial score (nSPS) is 10.7. The highest BCUT2D eigenvalue weighted by atomic mass is 79.9. The molecule has 0 fully saturated rings. The molecule has 0 bridgehead atoms. The highest BCUT2D eigenvalue weighted by molar-refractivity contribution is 9.10. The van der Waals surface area contributed by atoms with Gasteiger partial charge in [0.25, 0.3) is 0 Å². The lowest BCUT2D eigenvalue weighted by Gasteiger charge is -2.04. The number of hydrogen-bond donors (Lipinski definition) is 2. The molecule has 2 rings (SSSR count). The molecule has 2 N–H and O–H groups in total. The van der Waals surface area contributed by atoms with Crippen LogP contribution < -0.4 is 5.32 Å². The third-order valence-corrected chi connectivity index (χ3v) is 3.61. The molecule has 0 spiro atoms. The average Bonchev–Trinajstić information content (AvgIpc) is 2.42. The number of nitrogens with one attached hydrogen (secondary N) is 1. The van der Waals surface area contributed by atoms with E-state index in [0.717, 1.165) is 21.3 Å². The summed E-state index contributed by atoms with van der Waals surface area (Å²) >= 11 is 3.43. The van der Waals surface area contributed by atoms with E-state index in [-0.39, 0.29) is 11.7 Å². The predicted molar refractivity (Wildman–Crippen MR) is 84.6 cm³/mol. The molecule has 20 heavy (non-hydrogen) atoms. The summed E-state index contributed by atoms with van der Waals surface area (Å²) in [4.78, 5) is 11.8. The van der Waals surface area contributed by atoms with Crippen molar-refractivity contribution in [3.63, 3.8) is 0 Å². The Labute approximate surface area is 126 Å². The molecule has 0 aliphatic heterocycles. The van der Waals surface area contributed by atoms with Crippen molar-refractivity contribution in [1.29, 1.82) is 0 Å². The van der Waals surface area contributed by atoms with Crippen LogP contribution in [-0.4, -0.2) is 11.0 Å². The second kappa shape index (κ2) is 6.39. The Morgan fingerprint density at radius 3 is 2.55 bits per heavy atom. The monoisotopic (exact) mass is 331 g/mol. The number of carbonyl (C=O) groups is 1. The van der Waals surface area contributed by atoms with E-state index in [9.17, 15) is 4.79 Å². The van der Waals surface area contributed by atoms with E-state index in [2.05, 4.69) is 21.2 Å². The standard InChI is InChI=1S/C16H14BrNO2/c1-11-2-6-13(10-15(11)17)18-16(20)9-5-12-3-7-14(19)8-4-12/h2-10,19H,1H3,(H,18,20)/b9-5+. The smallest absolute Gasteiger partial charge is 0.248 e. The second-order valence-corrected chi connectivity index (χ2v) is 5.23. The van der Waals surface area contributed by atoms with Gasteiger partial charge in [-0.15, -0.1) is 0 Å². The van der Waals surface area contributed by atoms with Crippen LogP contribution in [0.15, 0.2) is 53.0 Å². The van der Waals surface area contributed by atoms with Crippen LogP contribution in [0.25, 0.3) is 6.08 Å². The summed E-state index contributed by atoms with van der Waals surface area (Å²) in [5, 5.41) is 12.0. The molecule has 0 unspecified atom stereocenters. The first kappa shape index (κ1) is 14.3. The number of anilines is 1. The van der Waals surface area contributed by atoms with Crippen molar-refractivity contribution in [3.8, 4) is 5.75 Å². The van der Waals surface area contributed by atoms with Gasteiger partial charge in [-0.1, -0.05) is 34.1 Å². The highest BCUT2D eigenvalue weighted by Gasteiger charge is 2.00. The van der Waals surface area contributed by atoms with Crippen LogP contribution >= 0.6 is 15.9 Å². The van der Waals surface area contributed by atoms with E-state index in [4.69, 9.17) is 5.11 Å².